The number of rotatable bonds is 5. The topological polar surface area (TPSA) is 68.0 Å². The van der Waals surface area contributed by atoms with Crippen LogP contribution in [-0.4, -0.2) is 22.3 Å². The quantitative estimate of drug-likeness (QED) is 0.696. The number of pyridine rings is 1. The van der Waals surface area contributed by atoms with Crippen LogP contribution in [0.1, 0.15) is 16.1 Å². The highest BCUT2D eigenvalue weighted by Crippen LogP contribution is 2.22. The summed E-state index contributed by atoms with van der Waals surface area (Å²) in [6, 6.07) is 12.6. The maximum absolute atomic E-state index is 12.3. The van der Waals surface area contributed by atoms with E-state index in [-0.39, 0.29) is 12.5 Å². The molecule has 0 aliphatic carbocycles. The number of nitrogens with one attached hydrogen (secondary N) is 1. The summed E-state index contributed by atoms with van der Waals surface area (Å²) in [5.41, 5.74) is 2.07. The largest absolute Gasteiger partial charge is 0.356 e. The van der Waals surface area contributed by atoms with E-state index in [0.717, 1.165) is 5.56 Å². The molecule has 122 valence electrons. The monoisotopic (exact) mass is 359 g/mol. The van der Waals surface area contributed by atoms with Gasteiger partial charge in [-0.15, -0.1) is 11.8 Å². The van der Waals surface area contributed by atoms with Gasteiger partial charge in [0.05, 0.1) is 12.1 Å². The molecule has 24 heavy (non-hydrogen) atoms. The Balaban J connectivity index is 1.67. The zero-order chi connectivity index (χ0) is 16.9. The minimum Gasteiger partial charge on any atom is -0.356 e. The summed E-state index contributed by atoms with van der Waals surface area (Å²) in [6.07, 6.45) is 3.55. The van der Waals surface area contributed by atoms with Crippen molar-refractivity contribution < 1.29 is 9.32 Å². The van der Waals surface area contributed by atoms with Gasteiger partial charge >= 0.3 is 0 Å². The van der Waals surface area contributed by atoms with Crippen molar-refractivity contribution in [3.05, 3.63) is 64.9 Å². The zero-order valence-electron chi connectivity index (χ0n) is 12.8. The Morgan fingerprint density at radius 1 is 1.29 bits per heavy atom. The SMILES string of the molecule is CSc1ncccc1C(=O)NCc1cc(-c2ccc(Cl)cc2)on1. The van der Waals surface area contributed by atoms with Gasteiger partial charge in [-0.05, 0) is 42.7 Å². The highest BCUT2D eigenvalue weighted by Gasteiger charge is 2.13. The summed E-state index contributed by atoms with van der Waals surface area (Å²) in [6.45, 7) is 0.276. The number of thioether (sulfide) groups is 1. The van der Waals surface area contributed by atoms with E-state index in [0.29, 0.717) is 27.1 Å². The summed E-state index contributed by atoms with van der Waals surface area (Å²) in [7, 11) is 0. The van der Waals surface area contributed by atoms with Gasteiger partial charge in [-0.25, -0.2) is 4.98 Å². The van der Waals surface area contributed by atoms with Gasteiger partial charge in [0.25, 0.3) is 5.91 Å². The van der Waals surface area contributed by atoms with Crippen LogP contribution >= 0.6 is 23.4 Å². The molecule has 2 aromatic heterocycles. The lowest BCUT2D eigenvalue weighted by atomic mass is 10.1. The average molecular weight is 360 g/mol. The van der Waals surface area contributed by atoms with Crippen LogP contribution in [0.4, 0.5) is 0 Å². The molecule has 0 fully saturated rings. The van der Waals surface area contributed by atoms with Crippen LogP contribution in [0.2, 0.25) is 5.02 Å². The Labute approximate surface area is 148 Å². The number of hydrogen-bond donors (Lipinski definition) is 1. The van der Waals surface area contributed by atoms with Gasteiger partial charge < -0.3 is 9.84 Å². The third kappa shape index (κ3) is 3.77. The van der Waals surface area contributed by atoms with Gasteiger partial charge in [-0.2, -0.15) is 0 Å². The van der Waals surface area contributed by atoms with Crippen LogP contribution in [0.25, 0.3) is 11.3 Å². The highest BCUT2D eigenvalue weighted by atomic mass is 35.5. The van der Waals surface area contributed by atoms with E-state index in [1.165, 1.54) is 11.8 Å². The second-order valence-electron chi connectivity index (χ2n) is 4.93. The summed E-state index contributed by atoms with van der Waals surface area (Å²) in [5, 5.41) is 8.16. The number of aromatic nitrogens is 2. The molecular formula is C17H14ClN3O2S. The molecule has 7 heteroatoms. The first-order valence-electron chi connectivity index (χ1n) is 7.16. The lowest BCUT2D eigenvalue weighted by Gasteiger charge is -2.06. The van der Waals surface area contributed by atoms with Crippen LogP contribution < -0.4 is 5.32 Å². The molecule has 3 rings (SSSR count). The number of carbonyl (C=O) groups excluding carboxylic acids is 1. The predicted octanol–water partition coefficient (Wildman–Crippen LogP) is 4.04. The predicted molar refractivity (Wildman–Crippen MR) is 94.1 cm³/mol. The zero-order valence-corrected chi connectivity index (χ0v) is 14.4. The van der Waals surface area contributed by atoms with Gasteiger partial charge in [0.1, 0.15) is 10.7 Å². The highest BCUT2D eigenvalue weighted by molar-refractivity contribution is 7.98. The number of benzene rings is 1. The first kappa shape index (κ1) is 16.5. The van der Waals surface area contributed by atoms with E-state index < -0.39 is 0 Å². The Kier molecular flexibility index (Phi) is 5.17. The van der Waals surface area contributed by atoms with Crippen LogP contribution in [-0.2, 0) is 6.54 Å². The minimum absolute atomic E-state index is 0.191. The number of carbonyl (C=O) groups is 1. The molecule has 0 aliphatic rings. The van der Waals surface area contributed by atoms with Crippen molar-refractivity contribution in [3.63, 3.8) is 0 Å². The number of hydrogen-bond acceptors (Lipinski definition) is 5. The van der Waals surface area contributed by atoms with Crippen LogP contribution in [0.3, 0.4) is 0 Å². The van der Waals surface area contributed by atoms with Crippen molar-refractivity contribution in [2.45, 2.75) is 11.6 Å². The van der Waals surface area contributed by atoms with E-state index in [9.17, 15) is 4.79 Å². The van der Waals surface area contributed by atoms with E-state index in [4.69, 9.17) is 16.1 Å². The van der Waals surface area contributed by atoms with Crippen molar-refractivity contribution in [2.75, 3.05) is 6.26 Å². The van der Waals surface area contributed by atoms with Gasteiger partial charge in [-0.3, -0.25) is 4.79 Å². The smallest absolute Gasteiger partial charge is 0.254 e. The van der Waals surface area contributed by atoms with Gasteiger partial charge in [0.2, 0.25) is 0 Å². The third-order valence-corrected chi connectivity index (χ3v) is 4.29. The fourth-order valence-electron chi connectivity index (χ4n) is 2.14. The maximum atomic E-state index is 12.3. The van der Waals surface area contributed by atoms with Crippen LogP contribution in [0.15, 0.2) is 58.2 Å². The molecular weight excluding hydrogens is 346 g/mol. The number of halogens is 1. The fraction of sp³-hybridized carbons (Fsp3) is 0.118. The molecule has 0 saturated carbocycles. The number of nitrogens with zero attached hydrogens (tertiary/aromatic N) is 2. The normalized spacial score (nSPS) is 10.6. The Morgan fingerprint density at radius 3 is 2.83 bits per heavy atom. The minimum atomic E-state index is -0.191. The van der Waals surface area contributed by atoms with Gasteiger partial charge in [-0.1, -0.05) is 16.8 Å². The van der Waals surface area contributed by atoms with Crippen molar-refractivity contribution in [1.29, 1.82) is 0 Å². The van der Waals surface area contributed by atoms with E-state index in [1.807, 2.05) is 18.4 Å². The Bertz CT molecular complexity index is 849. The van der Waals surface area contributed by atoms with Crippen molar-refractivity contribution in [3.8, 4) is 11.3 Å². The molecule has 0 atom stereocenters. The molecule has 0 aliphatic heterocycles. The molecule has 0 saturated heterocycles. The molecule has 1 N–H and O–H groups in total. The molecule has 1 aromatic carbocycles. The Morgan fingerprint density at radius 2 is 2.08 bits per heavy atom. The molecule has 0 bridgehead atoms. The summed E-state index contributed by atoms with van der Waals surface area (Å²) >= 11 is 7.30. The van der Waals surface area contributed by atoms with Crippen molar-refractivity contribution in [1.82, 2.24) is 15.5 Å². The molecule has 0 radical (unpaired) electrons. The average Bonchev–Trinajstić information content (AvgIpc) is 3.09. The maximum Gasteiger partial charge on any atom is 0.254 e. The summed E-state index contributed by atoms with van der Waals surface area (Å²) < 4.78 is 5.31. The third-order valence-electron chi connectivity index (χ3n) is 3.33. The van der Waals surface area contributed by atoms with E-state index in [1.54, 1.807) is 36.5 Å². The Hall–Kier alpha value is -2.31. The standard InChI is InChI=1S/C17H14ClN3O2S/c1-24-17-14(3-2-8-19-17)16(22)20-10-13-9-15(23-21-13)11-4-6-12(18)7-5-11/h2-9H,10H2,1H3,(H,20,22). The fourth-order valence-corrected chi connectivity index (χ4v) is 2.81. The van der Waals surface area contributed by atoms with E-state index >= 15 is 0 Å². The molecule has 2 heterocycles. The van der Waals surface area contributed by atoms with Crippen molar-refractivity contribution in [2.24, 2.45) is 0 Å². The summed E-state index contributed by atoms with van der Waals surface area (Å²) in [5.74, 6) is 0.436. The first-order valence-corrected chi connectivity index (χ1v) is 8.76. The van der Waals surface area contributed by atoms with Gasteiger partial charge in [0.15, 0.2) is 5.76 Å². The molecule has 3 aromatic rings. The molecule has 0 spiro atoms. The second kappa shape index (κ2) is 7.51. The molecule has 0 unspecified atom stereocenters. The molecule has 1 amide bonds. The molecule has 5 nitrogen and oxygen atoms in total. The van der Waals surface area contributed by atoms with Crippen LogP contribution in [0, 0.1) is 0 Å². The lowest BCUT2D eigenvalue weighted by molar-refractivity contribution is 0.0946. The number of amides is 1. The lowest BCUT2D eigenvalue weighted by Crippen LogP contribution is -2.23. The summed E-state index contributed by atoms with van der Waals surface area (Å²) in [4.78, 5) is 16.5. The second-order valence-corrected chi connectivity index (χ2v) is 6.16. The van der Waals surface area contributed by atoms with Crippen LogP contribution in [0.5, 0.6) is 0 Å². The van der Waals surface area contributed by atoms with Crippen molar-refractivity contribution >= 4 is 29.3 Å². The van der Waals surface area contributed by atoms with Gasteiger partial charge in [0, 0.05) is 22.8 Å². The first-order chi connectivity index (χ1) is 11.7. The van der Waals surface area contributed by atoms with E-state index in [2.05, 4.69) is 15.5 Å².